The molecule has 3 N–H and O–H groups in total. The van der Waals surface area contributed by atoms with Gasteiger partial charge in [0.2, 0.25) is 10.0 Å². The number of rotatable bonds is 6. The third-order valence-corrected chi connectivity index (χ3v) is 5.60. The van der Waals surface area contributed by atoms with Crippen LogP contribution in [0.4, 0.5) is 0 Å². The summed E-state index contributed by atoms with van der Waals surface area (Å²) < 4.78 is 28.1. The maximum Gasteiger partial charge on any atom is 0.241 e. The summed E-state index contributed by atoms with van der Waals surface area (Å²) in [5.74, 6) is 0. The summed E-state index contributed by atoms with van der Waals surface area (Å²) in [6.07, 6.45) is 1.02. The topological polar surface area (TPSA) is 72.2 Å². The van der Waals surface area contributed by atoms with Crippen LogP contribution >= 0.6 is 28.1 Å². The normalized spacial score (nSPS) is 12.4. The van der Waals surface area contributed by atoms with Crippen LogP contribution in [0.15, 0.2) is 33.6 Å². The maximum atomic E-state index is 12.3. The number of benzene rings is 1. The van der Waals surface area contributed by atoms with Gasteiger partial charge in [0, 0.05) is 4.47 Å². The van der Waals surface area contributed by atoms with E-state index < -0.39 is 15.6 Å². The third-order valence-electron chi connectivity index (χ3n) is 3.13. The van der Waals surface area contributed by atoms with Crippen LogP contribution in [-0.2, 0) is 10.0 Å². The van der Waals surface area contributed by atoms with Gasteiger partial charge < -0.3 is 5.73 Å². The summed E-state index contributed by atoms with van der Waals surface area (Å²) >= 11 is 8.28. The molecule has 19 heavy (non-hydrogen) atoms. The first-order chi connectivity index (χ1) is 8.77. The van der Waals surface area contributed by atoms with Crippen LogP contribution in [0.25, 0.3) is 0 Å². The van der Waals surface area contributed by atoms with Crippen LogP contribution in [0.2, 0.25) is 0 Å². The van der Waals surface area contributed by atoms with Crippen molar-refractivity contribution in [3.8, 4) is 0 Å². The number of nitrogens with two attached hydrogens (primary N) is 1. The molecule has 0 saturated heterocycles. The lowest BCUT2D eigenvalue weighted by Gasteiger charge is -2.31. The molecule has 0 bridgehead atoms. The van der Waals surface area contributed by atoms with E-state index in [9.17, 15) is 8.42 Å². The summed E-state index contributed by atoms with van der Waals surface area (Å²) in [6.45, 7) is 3.71. The van der Waals surface area contributed by atoms with Gasteiger partial charge in [0.1, 0.15) is 0 Å². The Labute approximate surface area is 127 Å². The second-order valence-corrected chi connectivity index (χ2v) is 7.25. The summed E-state index contributed by atoms with van der Waals surface area (Å²) in [5.41, 5.74) is 4.83. The number of halogens is 1. The van der Waals surface area contributed by atoms with Crippen LogP contribution in [0.1, 0.15) is 26.7 Å². The molecule has 0 aliphatic rings. The molecule has 1 aromatic rings. The average Bonchev–Trinajstić information content (AvgIpc) is 2.36. The fourth-order valence-electron chi connectivity index (χ4n) is 1.72. The molecule has 4 nitrogen and oxygen atoms in total. The zero-order chi connectivity index (χ0) is 14.7. The molecule has 0 unspecified atom stereocenters. The van der Waals surface area contributed by atoms with Crippen LogP contribution in [-0.4, -0.2) is 18.9 Å². The quantitative estimate of drug-likeness (QED) is 0.760. The van der Waals surface area contributed by atoms with Crippen LogP contribution in [0, 0.1) is 0 Å². The first-order valence-electron chi connectivity index (χ1n) is 5.87. The van der Waals surface area contributed by atoms with Crippen molar-refractivity contribution in [3.05, 3.63) is 28.7 Å². The zero-order valence-electron chi connectivity index (χ0n) is 10.8. The van der Waals surface area contributed by atoms with E-state index in [4.69, 9.17) is 18.0 Å². The Kier molecular flexibility index (Phi) is 5.49. The van der Waals surface area contributed by atoms with Crippen LogP contribution in [0.3, 0.4) is 0 Å². The minimum absolute atomic E-state index is 0.165. The van der Waals surface area contributed by atoms with Gasteiger partial charge in [-0.15, -0.1) is 0 Å². The molecule has 0 atom stereocenters. The van der Waals surface area contributed by atoms with Gasteiger partial charge in [-0.1, -0.05) is 42.0 Å². The van der Waals surface area contributed by atoms with Gasteiger partial charge in [0.05, 0.1) is 15.4 Å². The van der Waals surface area contributed by atoms with Crippen molar-refractivity contribution in [2.24, 2.45) is 5.73 Å². The third kappa shape index (κ3) is 3.75. The lowest BCUT2D eigenvalue weighted by Crippen LogP contribution is -2.55. The predicted molar refractivity (Wildman–Crippen MR) is 84.6 cm³/mol. The van der Waals surface area contributed by atoms with E-state index in [0.29, 0.717) is 12.8 Å². The molecule has 1 rings (SSSR count). The van der Waals surface area contributed by atoms with Gasteiger partial charge in [0.25, 0.3) is 0 Å². The highest BCUT2D eigenvalue weighted by Crippen LogP contribution is 2.21. The fourth-order valence-corrected chi connectivity index (χ4v) is 3.92. The summed E-state index contributed by atoms with van der Waals surface area (Å²) in [7, 11) is -3.64. The number of nitrogens with one attached hydrogen (secondary N) is 1. The van der Waals surface area contributed by atoms with Crippen molar-refractivity contribution in [2.75, 3.05) is 0 Å². The highest BCUT2D eigenvalue weighted by atomic mass is 79.9. The Balaban J connectivity index is 3.14. The molecular weight excluding hydrogens is 348 g/mol. The Bertz CT molecular complexity index is 552. The summed E-state index contributed by atoms with van der Waals surface area (Å²) in [6, 6.07) is 6.41. The molecular formula is C12H17BrN2O2S2. The number of sulfonamides is 1. The molecule has 0 heterocycles. The van der Waals surface area contributed by atoms with Crippen molar-refractivity contribution < 1.29 is 8.42 Å². The van der Waals surface area contributed by atoms with Gasteiger partial charge in [-0.05, 0) is 37.1 Å². The second kappa shape index (κ2) is 6.30. The molecule has 106 valence electrons. The summed E-state index contributed by atoms with van der Waals surface area (Å²) in [4.78, 5) is 0.358. The minimum Gasteiger partial charge on any atom is -0.392 e. The van der Waals surface area contributed by atoms with E-state index in [1.807, 2.05) is 13.8 Å². The molecule has 0 saturated carbocycles. The van der Waals surface area contributed by atoms with Gasteiger partial charge in [-0.2, -0.15) is 4.72 Å². The first kappa shape index (κ1) is 16.6. The average molecular weight is 365 g/mol. The first-order valence-corrected chi connectivity index (χ1v) is 8.55. The van der Waals surface area contributed by atoms with Gasteiger partial charge in [0.15, 0.2) is 0 Å². The SMILES string of the molecule is CCC(CC)(NS(=O)(=O)c1ccc(Br)cc1)C(N)=S. The highest BCUT2D eigenvalue weighted by molar-refractivity contribution is 9.10. The highest BCUT2D eigenvalue weighted by Gasteiger charge is 2.34. The van der Waals surface area contributed by atoms with Crippen molar-refractivity contribution in [3.63, 3.8) is 0 Å². The van der Waals surface area contributed by atoms with Gasteiger partial charge in [-0.25, -0.2) is 8.42 Å². The van der Waals surface area contributed by atoms with Crippen molar-refractivity contribution in [1.82, 2.24) is 4.72 Å². The van der Waals surface area contributed by atoms with E-state index in [0.717, 1.165) is 4.47 Å². The standard InChI is InChI=1S/C12H17BrN2O2S2/c1-3-12(4-2,11(14)18)15-19(16,17)10-7-5-9(13)6-8-10/h5-8,15H,3-4H2,1-2H3,(H2,14,18). The van der Waals surface area contributed by atoms with E-state index in [-0.39, 0.29) is 9.88 Å². The Morgan fingerprint density at radius 2 is 1.79 bits per heavy atom. The molecule has 0 aliphatic carbocycles. The Hall–Kier alpha value is -0.500. The van der Waals surface area contributed by atoms with Gasteiger partial charge >= 0.3 is 0 Å². The lowest BCUT2D eigenvalue weighted by molar-refractivity contribution is 0.466. The largest absolute Gasteiger partial charge is 0.392 e. The molecule has 7 heteroatoms. The summed E-state index contributed by atoms with van der Waals surface area (Å²) in [5, 5.41) is 0. The van der Waals surface area contributed by atoms with Crippen LogP contribution < -0.4 is 10.5 Å². The predicted octanol–water partition coefficient (Wildman–Crippen LogP) is 2.57. The monoisotopic (exact) mass is 364 g/mol. The number of thiocarbonyl (C=S) groups is 1. The lowest BCUT2D eigenvalue weighted by atomic mass is 9.94. The van der Waals surface area contributed by atoms with Gasteiger partial charge in [-0.3, -0.25) is 0 Å². The molecule has 0 radical (unpaired) electrons. The van der Waals surface area contributed by atoms with E-state index in [1.165, 1.54) is 12.1 Å². The number of hydrogen-bond donors (Lipinski definition) is 2. The molecule has 0 spiro atoms. The maximum absolute atomic E-state index is 12.3. The molecule has 0 fully saturated rings. The van der Waals surface area contributed by atoms with E-state index in [1.54, 1.807) is 12.1 Å². The van der Waals surface area contributed by atoms with Crippen molar-refractivity contribution >= 4 is 43.2 Å². The van der Waals surface area contributed by atoms with Crippen LogP contribution in [0.5, 0.6) is 0 Å². The molecule has 1 aromatic carbocycles. The van der Waals surface area contributed by atoms with E-state index in [2.05, 4.69) is 20.7 Å². The zero-order valence-corrected chi connectivity index (χ0v) is 14.0. The second-order valence-electron chi connectivity index (χ2n) is 4.21. The minimum atomic E-state index is -3.64. The molecule has 0 aromatic heterocycles. The molecule has 0 amide bonds. The Morgan fingerprint density at radius 3 is 2.16 bits per heavy atom. The Morgan fingerprint density at radius 1 is 1.32 bits per heavy atom. The number of hydrogen-bond acceptors (Lipinski definition) is 3. The fraction of sp³-hybridized carbons (Fsp3) is 0.417. The van der Waals surface area contributed by atoms with Crippen molar-refractivity contribution in [1.29, 1.82) is 0 Å². The van der Waals surface area contributed by atoms with Crippen molar-refractivity contribution in [2.45, 2.75) is 37.1 Å². The molecule has 0 aliphatic heterocycles. The smallest absolute Gasteiger partial charge is 0.241 e. The van der Waals surface area contributed by atoms with E-state index >= 15 is 0 Å².